The van der Waals surface area contributed by atoms with E-state index in [4.69, 9.17) is 18.0 Å². The molecule has 0 aliphatic heterocycles. The first-order valence-corrected chi connectivity index (χ1v) is 5.34. The maximum Gasteiger partial charge on any atom is 0.179 e. The van der Waals surface area contributed by atoms with Gasteiger partial charge in [-0.3, -0.25) is 4.57 Å². The van der Waals surface area contributed by atoms with E-state index in [1.165, 1.54) is 0 Å². The highest BCUT2D eigenvalue weighted by molar-refractivity contribution is 7.71. The second kappa shape index (κ2) is 3.75. The summed E-state index contributed by atoms with van der Waals surface area (Å²) in [5.41, 5.74) is 8.30. The zero-order chi connectivity index (χ0) is 11.0. The van der Waals surface area contributed by atoms with Gasteiger partial charge in [-0.1, -0.05) is 0 Å². The molecule has 5 heteroatoms. The Hall–Kier alpha value is -1.20. The molecule has 3 N–H and O–H groups in total. The Morgan fingerprint density at radius 1 is 1.53 bits per heavy atom. The van der Waals surface area contributed by atoms with Crippen LogP contribution in [0.15, 0.2) is 12.1 Å². The molecule has 2 rings (SSSR count). The summed E-state index contributed by atoms with van der Waals surface area (Å²) in [4.78, 5) is 7.61. The number of rotatable bonds is 2. The SMILES string of the molecule is CC(C)n1c(=S)[nH]c2ccc(CN)nc21. The van der Waals surface area contributed by atoms with Gasteiger partial charge in [-0.25, -0.2) is 4.98 Å². The van der Waals surface area contributed by atoms with Gasteiger partial charge in [0.2, 0.25) is 0 Å². The molecule has 2 aromatic rings. The molecule has 0 amide bonds. The molecule has 0 spiro atoms. The topological polar surface area (TPSA) is 59.6 Å². The minimum atomic E-state index is 0.298. The Morgan fingerprint density at radius 2 is 2.27 bits per heavy atom. The minimum absolute atomic E-state index is 0.298. The van der Waals surface area contributed by atoms with Crippen molar-refractivity contribution in [3.63, 3.8) is 0 Å². The third-order valence-corrected chi connectivity index (χ3v) is 2.65. The van der Waals surface area contributed by atoms with Gasteiger partial charge in [0.15, 0.2) is 10.4 Å². The third kappa shape index (κ3) is 1.68. The van der Waals surface area contributed by atoms with E-state index in [1.54, 1.807) is 0 Å². The number of nitrogens with two attached hydrogens (primary N) is 1. The maximum absolute atomic E-state index is 5.57. The average Bonchev–Trinajstić information content (AvgIpc) is 2.52. The molecule has 80 valence electrons. The van der Waals surface area contributed by atoms with E-state index in [-0.39, 0.29) is 0 Å². The highest BCUT2D eigenvalue weighted by Gasteiger charge is 2.08. The van der Waals surface area contributed by atoms with Gasteiger partial charge in [-0.05, 0) is 38.2 Å². The van der Waals surface area contributed by atoms with Crippen LogP contribution in [0.3, 0.4) is 0 Å². The summed E-state index contributed by atoms with van der Waals surface area (Å²) in [5.74, 6) is 0. The van der Waals surface area contributed by atoms with E-state index in [1.807, 2.05) is 16.7 Å². The fraction of sp³-hybridized carbons (Fsp3) is 0.400. The van der Waals surface area contributed by atoms with Crippen LogP contribution in [0.5, 0.6) is 0 Å². The van der Waals surface area contributed by atoms with Crippen molar-refractivity contribution in [3.05, 3.63) is 22.6 Å². The highest BCUT2D eigenvalue weighted by atomic mass is 32.1. The second-order valence-electron chi connectivity index (χ2n) is 3.77. The molecule has 0 saturated carbocycles. The maximum atomic E-state index is 5.57. The Balaban J connectivity index is 2.78. The summed E-state index contributed by atoms with van der Waals surface area (Å²) in [6.45, 7) is 4.62. The minimum Gasteiger partial charge on any atom is -0.329 e. The van der Waals surface area contributed by atoms with Crippen LogP contribution < -0.4 is 5.73 Å². The number of aromatic nitrogens is 3. The van der Waals surface area contributed by atoms with Gasteiger partial charge >= 0.3 is 0 Å². The van der Waals surface area contributed by atoms with Crippen LogP contribution in [-0.4, -0.2) is 14.5 Å². The zero-order valence-electron chi connectivity index (χ0n) is 8.82. The Morgan fingerprint density at radius 3 is 2.87 bits per heavy atom. The van der Waals surface area contributed by atoms with Gasteiger partial charge in [-0.15, -0.1) is 0 Å². The number of hydrogen-bond acceptors (Lipinski definition) is 3. The number of hydrogen-bond donors (Lipinski definition) is 2. The first-order chi connectivity index (χ1) is 7.13. The van der Waals surface area contributed by atoms with Crippen LogP contribution >= 0.6 is 12.2 Å². The Bertz CT molecular complexity index is 538. The summed E-state index contributed by atoms with van der Waals surface area (Å²) in [7, 11) is 0. The monoisotopic (exact) mass is 222 g/mol. The van der Waals surface area contributed by atoms with Crippen molar-refractivity contribution in [2.24, 2.45) is 5.73 Å². The molecule has 0 aliphatic rings. The number of aromatic amines is 1. The molecule has 0 radical (unpaired) electrons. The van der Waals surface area contributed by atoms with Crippen molar-refractivity contribution in [2.75, 3.05) is 0 Å². The number of nitrogens with zero attached hydrogens (tertiary/aromatic N) is 2. The van der Waals surface area contributed by atoms with Crippen LogP contribution in [-0.2, 0) is 6.54 Å². The van der Waals surface area contributed by atoms with Crippen LogP contribution in [0.1, 0.15) is 25.6 Å². The predicted molar refractivity (Wildman–Crippen MR) is 63.2 cm³/mol. The molecule has 0 atom stereocenters. The molecule has 0 unspecified atom stereocenters. The van der Waals surface area contributed by atoms with Gasteiger partial charge in [0.1, 0.15) is 0 Å². The molecule has 0 aliphatic carbocycles. The average molecular weight is 222 g/mol. The van der Waals surface area contributed by atoms with Crippen LogP contribution in [0.25, 0.3) is 11.2 Å². The lowest BCUT2D eigenvalue weighted by molar-refractivity contribution is 0.604. The molecule has 0 aromatic carbocycles. The van der Waals surface area contributed by atoms with E-state index in [2.05, 4.69) is 23.8 Å². The van der Waals surface area contributed by atoms with E-state index in [0.29, 0.717) is 17.4 Å². The van der Waals surface area contributed by atoms with Crippen LogP contribution in [0, 0.1) is 4.77 Å². The van der Waals surface area contributed by atoms with Crippen molar-refractivity contribution in [1.29, 1.82) is 0 Å². The van der Waals surface area contributed by atoms with Crippen molar-refractivity contribution >= 4 is 23.4 Å². The standard InChI is InChI=1S/C10H14N4S/c1-6(2)14-9-8(13-10(14)15)4-3-7(5-11)12-9/h3-4,6H,5,11H2,1-2H3,(H,13,15). The number of pyridine rings is 1. The molecule has 0 fully saturated rings. The quantitative estimate of drug-likeness (QED) is 0.765. The molecule has 15 heavy (non-hydrogen) atoms. The normalized spacial score (nSPS) is 11.5. The van der Waals surface area contributed by atoms with E-state index in [9.17, 15) is 0 Å². The summed E-state index contributed by atoms with van der Waals surface area (Å²) in [5, 5.41) is 0. The van der Waals surface area contributed by atoms with Crippen molar-refractivity contribution < 1.29 is 0 Å². The van der Waals surface area contributed by atoms with Crippen molar-refractivity contribution in [3.8, 4) is 0 Å². The number of fused-ring (bicyclic) bond motifs is 1. The van der Waals surface area contributed by atoms with Gasteiger partial charge in [0, 0.05) is 12.6 Å². The molecule has 0 saturated heterocycles. The second-order valence-corrected chi connectivity index (χ2v) is 4.16. The Kier molecular flexibility index (Phi) is 2.58. The largest absolute Gasteiger partial charge is 0.329 e. The van der Waals surface area contributed by atoms with Gasteiger partial charge in [0.05, 0.1) is 11.2 Å². The van der Waals surface area contributed by atoms with Crippen LogP contribution in [0.4, 0.5) is 0 Å². The molecule has 4 nitrogen and oxygen atoms in total. The third-order valence-electron chi connectivity index (χ3n) is 2.35. The number of imidazole rings is 1. The summed E-state index contributed by atoms with van der Waals surface area (Å²) in [6, 6.07) is 4.18. The molecule has 2 heterocycles. The van der Waals surface area contributed by atoms with E-state index < -0.39 is 0 Å². The number of H-pyrrole nitrogens is 1. The summed E-state index contributed by atoms with van der Waals surface area (Å²) in [6.07, 6.45) is 0. The fourth-order valence-corrected chi connectivity index (χ4v) is 2.04. The fourth-order valence-electron chi connectivity index (χ4n) is 1.63. The first kappa shape index (κ1) is 10.3. The number of nitrogens with one attached hydrogen (secondary N) is 1. The molecular weight excluding hydrogens is 208 g/mol. The lowest BCUT2D eigenvalue weighted by Gasteiger charge is -2.07. The van der Waals surface area contributed by atoms with Gasteiger partial charge in [0.25, 0.3) is 0 Å². The zero-order valence-corrected chi connectivity index (χ0v) is 9.64. The lowest BCUT2D eigenvalue weighted by atomic mass is 10.3. The predicted octanol–water partition coefficient (Wildman–Crippen LogP) is 2.13. The molecule has 0 bridgehead atoms. The Labute approximate surface area is 93.1 Å². The first-order valence-electron chi connectivity index (χ1n) is 4.93. The van der Waals surface area contributed by atoms with Crippen LogP contribution in [0.2, 0.25) is 0 Å². The van der Waals surface area contributed by atoms with E-state index in [0.717, 1.165) is 16.9 Å². The van der Waals surface area contributed by atoms with E-state index >= 15 is 0 Å². The lowest BCUT2D eigenvalue weighted by Crippen LogP contribution is -2.04. The summed E-state index contributed by atoms with van der Waals surface area (Å²) < 4.78 is 2.71. The van der Waals surface area contributed by atoms with Crippen molar-refractivity contribution in [2.45, 2.75) is 26.4 Å². The van der Waals surface area contributed by atoms with Crippen molar-refractivity contribution in [1.82, 2.24) is 14.5 Å². The molecule has 2 aromatic heterocycles. The molecular formula is C10H14N4S. The summed E-state index contributed by atoms with van der Waals surface area (Å²) >= 11 is 5.24. The van der Waals surface area contributed by atoms with Gasteiger partial charge in [-0.2, -0.15) is 0 Å². The highest BCUT2D eigenvalue weighted by Crippen LogP contribution is 2.17. The van der Waals surface area contributed by atoms with Gasteiger partial charge < -0.3 is 10.7 Å². The smallest absolute Gasteiger partial charge is 0.179 e.